The normalized spacial score (nSPS) is 10.2. The van der Waals surface area contributed by atoms with E-state index >= 15 is 0 Å². The minimum atomic E-state index is -0.490. The number of anilines is 3. The van der Waals surface area contributed by atoms with Crippen molar-refractivity contribution >= 4 is 39.1 Å². The van der Waals surface area contributed by atoms with Gasteiger partial charge in [-0.25, -0.2) is 9.78 Å². The van der Waals surface area contributed by atoms with Gasteiger partial charge in [-0.3, -0.25) is 0 Å². The van der Waals surface area contributed by atoms with Gasteiger partial charge in [0.1, 0.15) is 11.4 Å². The van der Waals surface area contributed by atoms with Crippen molar-refractivity contribution in [3.63, 3.8) is 0 Å². The fraction of sp³-hybridized carbons (Fsp3) is 0.143. The molecular weight excluding hydrogens is 322 g/mol. The lowest BCUT2D eigenvalue weighted by atomic mass is 10.2. The van der Waals surface area contributed by atoms with Crippen molar-refractivity contribution in [1.82, 2.24) is 4.98 Å². The van der Waals surface area contributed by atoms with E-state index in [0.29, 0.717) is 17.1 Å². The average molecular weight is 336 g/mol. The number of hydrogen-bond acceptors (Lipinski definition) is 5. The van der Waals surface area contributed by atoms with Gasteiger partial charge in [0.15, 0.2) is 0 Å². The number of nitrogens with zero attached hydrogens (tertiary/aromatic N) is 1. The van der Waals surface area contributed by atoms with Crippen molar-refractivity contribution < 1.29 is 9.53 Å². The van der Waals surface area contributed by atoms with Crippen LogP contribution in [-0.2, 0) is 4.74 Å². The van der Waals surface area contributed by atoms with Gasteiger partial charge in [-0.15, -0.1) is 0 Å². The Morgan fingerprint density at radius 3 is 2.80 bits per heavy atom. The minimum Gasteiger partial charge on any atom is -0.465 e. The first-order valence-corrected chi connectivity index (χ1v) is 6.67. The van der Waals surface area contributed by atoms with Gasteiger partial charge in [-0.05, 0) is 46.6 Å². The van der Waals surface area contributed by atoms with Gasteiger partial charge in [0, 0.05) is 4.47 Å². The molecule has 0 bridgehead atoms. The molecule has 0 atom stereocenters. The number of aryl methyl sites for hydroxylation is 1. The molecule has 2 aromatic rings. The number of carbonyl (C=O) groups excluding carboxylic acids is 1. The van der Waals surface area contributed by atoms with Crippen LogP contribution in [0.15, 0.2) is 34.9 Å². The predicted molar refractivity (Wildman–Crippen MR) is 82.2 cm³/mol. The summed E-state index contributed by atoms with van der Waals surface area (Å²) in [4.78, 5) is 15.9. The number of ether oxygens (including phenoxy) is 1. The molecule has 1 heterocycles. The number of benzene rings is 1. The van der Waals surface area contributed by atoms with Gasteiger partial charge in [0.05, 0.1) is 24.7 Å². The molecule has 0 radical (unpaired) electrons. The summed E-state index contributed by atoms with van der Waals surface area (Å²) in [5.74, 6) is -0.0915. The summed E-state index contributed by atoms with van der Waals surface area (Å²) in [6.45, 7) is 2.00. The van der Waals surface area contributed by atoms with Crippen LogP contribution < -0.4 is 11.1 Å². The number of methoxy groups -OCH3 is 1. The Morgan fingerprint density at radius 2 is 2.15 bits per heavy atom. The van der Waals surface area contributed by atoms with Gasteiger partial charge >= 0.3 is 5.97 Å². The lowest BCUT2D eigenvalue weighted by Crippen LogP contribution is -2.08. The van der Waals surface area contributed by atoms with Gasteiger partial charge in [-0.2, -0.15) is 0 Å². The lowest BCUT2D eigenvalue weighted by molar-refractivity contribution is 0.0601. The summed E-state index contributed by atoms with van der Waals surface area (Å²) in [7, 11) is 1.32. The summed E-state index contributed by atoms with van der Waals surface area (Å²) in [5.41, 5.74) is 8.28. The predicted octanol–water partition coefficient (Wildman–Crippen LogP) is 3.26. The van der Waals surface area contributed by atoms with E-state index in [0.717, 1.165) is 15.7 Å². The van der Waals surface area contributed by atoms with Gasteiger partial charge in [0.25, 0.3) is 0 Å². The number of aromatic nitrogens is 1. The van der Waals surface area contributed by atoms with E-state index in [1.807, 2.05) is 25.1 Å². The van der Waals surface area contributed by atoms with Crippen molar-refractivity contribution in [1.29, 1.82) is 0 Å². The van der Waals surface area contributed by atoms with E-state index in [4.69, 9.17) is 10.5 Å². The molecule has 6 heteroatoms. The molecule has 20 heavy (non-hydrogen) atoms. The summed E-state index contributed by atoms with van der Waals surface area (Å²) >= 11 is 3.47. The second-order valence-electron chi connectivity index (χ2n) is 4.26. The number of hydrogen-bond donors (Lipinski definition) is 2. The molecule has 0 amide bonds. The number of halogens is 1. The average Bonchev–Trinajstić information content (AvgIpc) is 2.42. The molecular formula is C14H14BrN3O2. The highest BCUT2D eigenvalue weighted by atomic mass is 79.9. The van der Waals surface area contributed by atoms with Crippen LogP contribution in [-0.4, -0.2) is 18.1 Å². The lowest BCUT2D eigenvalue weighted by Gasteiger charge is -2.12. The number of pyridine rings is 1. The molecule has 0 saturated heterocycles. The molecule has 1 aromatic heterocycles. The Morgan fingerprint density at radius 1 is 1.40 bits per heavy atom. The van der Waals surface area contributed by atoms with Gasteiger partial charge in [-0.1, -0.05) is 6.07 Å². The Balaban J connectivity index is 2.40. The monoisotopic (exact) mass is 335 g/mol. The van der Waals surface area contributed by atoms with Crippen LogP contribution >= 0.6 is 15.9 Å². The van der Waals surface area contributed by atoms with Crippen molar-refractivity contribution in [2.24, 2.45) is 0 Å². The maximum atomic E-state index is 11.7. The van der Waals surface area contributed by atoms with Crippen LogP contribution in [0, 0.1) is 6.92 Å². The van der Waals surface area contributed by atoms with E-state index in [9.17, 15) is 4.79 Å². The Hall–Kier alpha value is -2.08. The molecule has 0 saturated carbocycles. The summed E-state index contributed by atoms with van der Waals surface area (Å²) < 4.78 is 5.61. The van der Waals surface area contributed by atoms with Crippen molar-refractivity contribution in [3.05, 3.63) is 46.1 Å². The van der Waals surface area contributed by atoms with Crippen LogP contribution in [0.3, 0.4) is 0 Å². The number of carbonyl (C=O) groups is 1. The van der Waals surface area contributed by atoms with E-state index in [1.165, 1.54) is 19.4 Å². The molecule has 5 nitrogen and oxygen atoms in total. The third-order valence-corrected chi connectivity index (χ3v) is 3.35. The standard InChI is InChI=1S/C14H14BrN3O2/c1-8-3-4-12(11(15)5-8)18-13-10(14(19)20-2)6-9(16)7-17-13/h3-7H,16H2,1-2H3,(H,17,18). The molecule has 104 valence electrons. The zero-order chi connectivity index (χ0) is 14.7. The summed E-state index contributed by atoms with van der Waals surface area (Å²) in [5, 5.41) is 3.10. The second kappa shape index (κ2) is 5.92. The Bertz CT molecular complexity index is 659. The topological polar surface area (TPSA) is 77.2 Å². The SMILES string of the molecule is COC(=O)c1cc(N)cnc1Nc1ccc(C)cc1Br. The van der Waals surface area contributed by atoms with Crippen molar-refractivity contribution in [2.45, 2.75) is 6.92 Å². The first-order valence-electron chi connectivity index (χ1n) is 5.88. The van der Waals surface area contributed by atoms with E-state index in [-0.39, 0.29) is 0 Å². The fourth-order valence-corrected chi connectivity index (χ4v) is 2.29. The summed E-state index contributed by atoms with van der Waals surface area (Å²) in [6.07, 6.45) is 1.48. The maximum absolute atomic E-state index is 11.7. The molecule has 0 aliphatic heterocycles. The highest BCUT2D eigenvalue weighted by Gasteiger charge is 2.14. The number of esters is 1. The Kier molecular flexibility index (Phi) is 4.24. The maximum Gasteiger partial charge on any atom is 0.341 e. The Labute approximate surface area is 125 Å². The fourth-order valence-electron chi connectivity index (χ4n) is 1.70. The largest absolute Gasteiger partial charge is 0.465 e. The number of nitrogens with two attached hydrogens (primary N) is 1. The van der Waals surface area contributed by atoms with E-state index < -0.39 is 5.97 Å². The molecule has 1 aromatic carbocycles. The highest BCUT2D eigenvalue weighted by Crippen LogP contribution is 2.28. The molecule has 0 fully saturated rings. The first-order chi connectivity index (χ1) is 9.51. The third-order valence-electron chi connectivity index (χ3n) is 2.69. The highest BCUT2D eigenvalue weighted by molar-refractivity contribution is 9.10. The minimum absolute atomic E-state index is 0.292. The van der Waals surface area contributed by atoms with E-state index in [2.05, 4.69) is 26.2 Å². The molecule has 0 aliphatic rings. The molecule has 0 spiro atoms. The van der Waals surface area contributed by atoms with Crippen LogP contribution in [0.25, 0.3) is 0 Å². The van der Waals surface area contributed by atoms with Gasteiger partial charge < -0.3 is 15.8 Å². The van der Waals surface area contributed by atoms with E-state index in [1.54, 1.807) is 0 Å². The van der Waals surface area contributed by atoms with Crippen LogP contribution in [0.4, 0.5) is 17.2 Å². The van der Waals surface area contributed by atoms with Crippen molar-refractivity contribution in [3.8, 4) is 0 Å². The zero-order valence-electron chi connectivity index (χ0n) is 11.1. The number of nitrogen functional groups attached to an aromatic ring is 1. The molecule has 0 unspecified atom stereocenters. The summed E-state index contributed by atoms with van der Waals surface area (Å²) in [6, 6.07) is 7.36. The first kappa shape index (κ1) is 14.3. The quantitative estimate of drug-likeness (QED) is 0.842. The number of nitrogens with one attached hydrogen (secondary N) is 1. The van der Waals surface area contributed by atoms with Crippen LogP contribution in [0.1, 0.15) is 15.9 Å². The van der Waals surface area contributed by atoms with Crippen LogP contribution in [0.2, 0.25) is 0 Å². The third kappa shape index (κ3) is 3.08. The zero-order valence-corrected chi connectivity index (χ0v) is 12.7. The van der Waals surface area contributed by atoms with Gasteiger partial charge in [0.2, 0.25) is 0 Å². The van der Waals surface area contributed by atoms with Crippen LogP contribution in [0.5, 0.6) is 0 Å². The molecule has 2 rings (SSSR count). The number of rotatable bonds is 3. The smallest absolute Gasteiger partial charge is 0.341 e. The second-order valence-corrected chi connectivity index (χ2v) is 5.12. The molecule has 3 N–H and O–H groups in total. The van der Waals surface area contributed by atoms with Crippen molar-refractivity contribution in [2.75, 3.05) is 18.2 Å². The molecule has 0 aliphatic carbocycles.